The molecule has 0 aliphatic heterocycles. The lowest BCUT2D eigenvalue weighted by Crippen LogP contribution is -2.95. The standard InChI is InChI=1S/C16H27NO/c1-10(2)17-11(3)15(18)16-7-12-4-13(8-16)6-14(5-12)9-16/h10-14,17H,4-9H2,1-3H3/p+1/t11-,12?,13?,14?,16?/m1/s1. The van der Waals surface area contributed by atoms with Gasteiger partial charge in [-0.05, 0) is 77.0 Å². The molecule has 1 atom stereocenters. The number of quaternary nitrogens is 1. The second kappa shape index (κ2) is 4.33. The van der Waals surface area contributed by atoms with Crippen LogP contribution in [0.25, 0.3) is 0 Å². The highest BCUT2D eigenvalue weighted by Gasteiger charge is 2.55. The maximum atomic E-state index is 12.9. The Balaban J connectivity index is 1.76. The Morgan fingerprint density at radius 2 is 1.44 bits per heavy atom. The number of hydrogen-bond acceptors (Lipinski definition) is 1. The van der Waals surface area contributed by atoms with Crippen LogP contribution in [0.5, 0.6) is 0 Å². The number of nitrogens with two attached hydrogens (primary N) is 1. The minimum Gasteiger partial charge on any atom is -0.336 e. The second-order valence-corrected chi connectivity index (χ2v) is 7.79. The van der Waals surface area contributed by atoms with Gasteiger partial charge >= 0.3 is 0 Å². The maximum Gasteiger partial charge on any atom is 0.195 e. The van der Waals surface area contributed by atoms with E-state index in [1.807, 2.05) is 0 Å². The van der Waals surface area contributed by atoms with E-state index in [0.717, 1.165) is 17.8 Å². The molecule has 4 saturated carbocycles. The Morgan fingerprint density at radius 1 is 1.00 bits per heavy atom. The quantitative estimate of drug-likeness (QED) is 0.815. The zero-order valence-corrected chi connectivity index (χ0v) is 12.1. The van der Waals surface area contributed by atoms with Gasteiger partial charge in [0.1, 0.15) is 6.04 Å². The summed E-state index contributed by atoms with van der Waals surface area (Å²) in [5.74, 6) is 3.22. The fourth-order valence-electron chi connectivity index (χ4n) is 5.56. The van der Waals surface area contributed by atoms with Crippen LogP contribution in [0.2, 0.25) is 0 Å². The van der Waals surface area contributed by atoms with Crippen molar-refractivity contribution >= 4 is 5.78 Å². The lowest BCUT2D eigenvalue weighted by atomic mass is 9.48. The average Bonchev–Trinajstić information content (AvgIpc) is 2.25. The van der Waals surface area contributed by atoms with Crippen LogP contribution in [0.15, 0.2) is 0 Å². The minimum atomic E-state index is 0.0968. The summed E-state index contributed by atoms with van der Waals surface area (Å²) in [4.78, 5) is 12.9. The first-order valence-corrected chi connectivity index (χ1v) is 7.88. The van der Waals surface area contributed by atoms with Crippen molar-refractivity contribution in [2.24, 2.45) is 23.2 Å². The molecular weight excluding hydrogens is 222 g/mol. The Hall–Kier alpha value is -0.370. The van der Waals surface area contributed by atoms with Crippen molar-refractivity contribution in [3.63, 3.8) is 0 Å². The third-order valence-electron chi connectivity index (χ3n) is 5.65. The van der Waals surface area contributed by atoms with Gasteiger partial charge in [0.2, 0.25) is 0 Å². The third-order valence-corrected chi connectivity index (χ3v) is 5.65. The molecular formula is C16H28NO+. The fourth-order valence-corrected chi connectivity index (χ4v) is 5.56. The summed E-state index contributed by atoms with van der Waals surface area (Å²) >= 11 is 0. The highest BCUT2D eigenvalue weighted by atomic mass is 16.1. The van der Waals surface area contributed by atoms with Gasteiger partial charge in [-0.15, -0.1) is 0 Å². The number of carbonyl (C=O) groups excluding carboxylic acids is 1. The van der Waals surface area contributed by atoms with Gasteiger partial charge < -0.3 is 5.32 Å². The summed E-state index contributed by atoms with van der Waals surface area (Å²) in [6.07, 6.45) is 7.93. The van der Waals surface area contributed by atoms with Gasteiger partial charge in [-0.3, -0.25) is 4.79 Å². The van der Waals surface area contributed by atoms with Crippen LogP contribution < -0.4 is 5.32 Å². The van der Waals surface area contributed by atoms with Crippen molar-refractivity contribution < 1.29 is 10.1 Å². The van der Waals surface area contributed by atoms with E-state index < -0.39 is 0 Å². The van der Waals surface area contributed by atoms with Crippen LogP contribution in [0.4, 0.5) is 0 Å². The van der Waals surface area contributed by atoms with Crippen molar-refractivity contribution in [2.75, 3.05) is 0 Å². The van der Waals surface area contributed by atoms with E-state index in [1.54, 1.807) is 0 Å². The van der Waals surface area contributed by atoms with Crippen LogP contribution in [0, 0.1) is 23.2 Å². The highest BCUT2D eigenvalue weighted by Crippen LogP contribution is 2.60. The van der Waals surface area contributed by atoms with Gasteiger partial charge in [-0.25, -0.2) is 0 Å². The molecule has 0 aromatic rings. The second-order valence-electron chi connectivity index (χ2n) is 7.79. The molecule has 4 fully saturated rings. The van der Waals surface area contributed by atoms with Crippen molar-refractivity contribution in [1.29, 1.82) is 0 Å². The smallest absolute Gasteiger partial charge is 0.195 e. The van der Waals surface area contributed by atoms with Gasteiger partial charge in [0.05, 0.1) is 6.04 Å². The predicted octanol–water partition coefficient (Wildman–Crippen LogP) is 2.13. The lowest BCUT2D eigenvalue weighted by Gasteiger charge is -2.56. The molecule has 102 valence electrons. The molecule has 4 aliphatic carbocycles. The van der Waals surface area contributed by atoms with Crippen molar-refractivity contribution in [1.82, 2.24) is 0 Å². The Morgan fingerprint density at radius 3 is 1.83 bits per heavy atom. The summed E-state index contributed by atoms with van der Waals surface area (Å²) in [6, 6.07) is 0.694. The van der Waals surface area contributed by atoms with Gasteiger partial charge in [0, 0.05) is 5.41 Å². The first-order chi connectivity index (χ1) is 8.48. The van der Waals surface area contributed by atoms with E-state index in [4.69, 9.17) is 0 Å². The number of carbonyl (C=O) groups is 1. The molecule has 4 aliphatic rings. The Bertz CT molecular complexity index is 312. The molecule has 0 amide bonds. The molecule has 2 N–H and O–H groups in total. The van der Waals surface area contributed by atoms with Crippen LogP contribution in [-0.2, 0) is 4.79 Å². The first-order valence-electron chi connectivity index (χ1n) is 7.88. The molecule has 0 aromatic heterocycles. The molecule has 0 unspecified atom stereocenters. The molecule has 0 heterocycles. The number of ketones is 1. The molecule has 18 heavy (non-hydrogen) atoms. The summed E-state index contributed by atoms with van der Waals surface area (Å²) < 4.78 is 0. The monoisotopic (exact) mass is 250 g/mol. The first kappa shape index (κ1) is 12.7. The highest BCUT2D eigenvalue weighted by molar-refractivity contribution is 5.88. The van der Waals surface area contributed by atoms with E-state index in [2.05, 4.69) is 26.1 Å². The minimum absolute atomic E-state index is 0.0968. The van der Waals surface area contributed by atoms with E-state index in [9.17, 15) is 4.79 Å². The van der Waals surface area contributed by atoms with E-state index >= 15 is 0 Å². The Kier molecular flexibility index (Phi) is 3.04. The van der Waals surface area contributed by atoms with E-state index in [0.29, 0.717) is 11.8 Å². The van der Waals surface area contributed by atoms with E-state index in [-0.39, 0.29) is 11.5 Å². The topological polar surface area (TPSA) is 33.7 Å². The number of Topliss-reactive ketones (excluding diaryl/α,β-unsaturated/α-hetero) is 1. The average molecular weight is 250 g/mol. The summed E-state index contributed by atoms with van der Waals surface area (Å²) in [5.41, 5.74) is 0.0968. The van der Waals surface area contributed by atoms with Crippen molar-refractivity contribution in [3.05, 3.63) is 0 Å². The van der Waals surface area contributed by atoms with Crippen molar-refractivity contribution in [3.8, 4) is 0 Å². The molecule has 2 nitrogen and oxygen atoms in total. The van der Waals surface area contributed by atoms with E-state index in [1.165, 1.54) is 38.5 Å². The van der Waals surface area contributed by atoms with Gasteiger partial charge in [0.15, 0.2) is 5.78 Å². The van der Waals surface area contributed by atoms with Gasteiger partial charge in [-0.2, -0.15) is 0 Å². The fraction of sp³-hybridized carbons (Fsp3) is 0.938. The molecule has 0 saturated heterocycles. The maximum absolute atomic E-state index is 12.9. The molecule has 0 aromatic carbocycles. The molecule has 4 rings (SSSR count). The summed E-state index contributed by atoms with van der Waals surface area (Å²) in [7, 11) is 0. The summed E-state index contributed by atoms with van der Waals surface area (Å²) in [5, 5.41) is 2.25. The largest absolute Gasteiger partial charge is 0.336 e. The normalized spacial score (nSPS) is 43.4. The zero-order valence-electron chi connectivity index (χ0n) is 12.1. The van der Waals surface area contributed by atoms with Gasteiger partial charge in [-0.1, -0.05) is 0 Å². The third kappa shape index (κ3) is 2.03. The zero-order chi connectivity index (χ0) is 12.9. The Labute approximate surface area is 111 Å². The molecule has 0 spiro atoms. The predicted molar refractivity (Wildman–Crippen MR) is 72.1 cm³/mol. The number of hydrogen-bond donors (Lipinski definition) is 1. The van der Waals surface area contributed by atoms with Crippen LogP contribution in [-0.4, -0.2) is 17.9 Å². The molecule has 4 bridgehead atoms. The molecule has 2 heteroatoms. The van der Waals surface area contributed by atoms with Crippen LogP contribution in [0.3, 0.4) is 0 Å². The number of rotatable bonds is 4. The SMILES string of the molecule is CC(C)[NH2+][C@H](C)C(=O)C12CC3CC(CC(C3)C1)C2. The summed E-state index contributed by atoms with van der Waals surface area (Å²) in [6.45, 7) is 6.49. The van der Waals surface area contributed by atoms with Crippen LogP contribution in [0.1, 0.15) is 59.3 Å². The van der Waals surface area contributed by atoms with Gasteiger partial charge in [0.25, 0.3) is 0 Å². The molecule has 0 radical (unpaired) electrons. The lowest BCUT2D eigenvalue weighted by molar-refractivity contribution is -0.701. The van der Waals surface area contributed by atoms with Crippen LogP contribution >= 0.6 is 0 Å². The van der Waals surface area contributed by atoms with Crippen molar-refractivity contribution in [2.45, 2.75) is 71.4 Å².